The summed E-state index contributed by atoms with van der Waals surface area (Å²) in [5.41, 5.74) is 3.93. The predicted octanol–water partition coefficient (Wildman–Crippen LogP) is 5.12. The van der Waals surface area contributed by atoms with Crippen molar-refractivity contribution in [1.29, 1.82) is 0 Å². The lowest BCUT2D eigenvalue weighted by molar-refractivity contribution is 0.494. The zero-order chi connectivity index (χ0) is 13.1. The molecule has 0 fully saturated rings. The number of aryl methyl sites for hydroxylation is 1. The Balaban J connectivity index is 2.08. The molecule has 96 valence electrons. The highest BCUT2D eigenvalue weighted by atomic mass is 35.5. The van der Waals surface area contributed by atoms with Crippen LogP contribution in [0.4, 0.5) is 0 Å². The smallest absolute Gasteiger partial charge is 0.0931 e. The van der Waals surface area contributed by atoms with Crippen LogP contribution in [0.2, 0.25) is 4.34 Å². The van der Waals surface area contributed by atoms with Gasteiger partial charge < -0.3 is 5.32 Å². The van der Waals surface area contributed by atoms with Crippen LogP contribution in [0.25, 0.3) is 0 Å². The third kappa shape index (κ3) is 3.14. The van der Waals surface area contributed by atoms with Crippen molar-refractivity contribution < 1.29 is 0 Å². The fraction of sp³-hybridized carbons (Fsp3) is 0.333. The van der Waals surface area contributed by atoms with Crippen molar-refractivity contribution in [3.8, 4) is 0 Å². The minimum Gasteiger partial charge on any atom is -0.304 e. The van der Waals surface area contributed by atoms with Gasteiger partial charge in [0.1, 0.15) is 0 Å². The molecule has 2 rings (SSSR count). The number of hydrogen-bond donors (Lipinski definition) is 1. The maximum Gasteiger partial charge on any atom is 0.0931 e. The van der Waals surface area contributed by atoms with Crippen molar-refractivity contribution in [2.45, 2.75) is 32.9 Å². The molecule has 18 heavy (non-hydrogen) atoms. The summed E-state index contributed by atoms with van der Waals surface area (Å²) in [5.74, 6) is 0. The van der Waals surface area contributed by atoms with E-state index in [1.165, 1.54) is 16.7 Å². The van der Waals surface area contributed by atoms with Gasteiger partial charge in [-0.05, 0) is 48.9 Å². The molecule has 0 saturated heterocycles. The first-order valence-corrected chi connectivity index (χ1v) is 7.39. The van der Waals surface area contributed by atoms with E-state index in [0.717, 1.165) is 4.34 Å². The first-order chi connectivity index (χ1) is 8.58. The third-order valence-corrected chi connectivity index (χ3v) is 4.35. The van der Waals surface area contributed by atoms with Crippen LogP contribution >= 0.6 is 22.9 Å². The number of hydrogen-bond acceptors (Lipinski definition) is 2. The minimum absolute atomic E-state index is 0.309. The molecule has 0 amide bonds. The summed E-state index contributed by atoms with van der Waals surface area (Å²) in [7, 11) is 0. The molecule has 0 saturated carbocycles. The summed E-state index contributed by atoms with van der Waals surface area (Å²) >= 11 is 7.56. The van der Waals surface area contributed by atoms with Crippen molar-refractivity contribution in [1.82, 2.24) is 5.32 Å². The summed E-state index contributed by atoms with van der Waals surface area (Å²) < 4.78 is 0.849. The van der Waals surface area contributed by atoms with Crippen molar-refractivity contribution in [3.63, 3.8) is 0 Å². The lowest BCUT2D eigenvalue weighted by atomic mass is 10.0. The maximum absolute atomic E-state index is 5.97. The molecule has 0 radical (unpaired) electrons. The Kier molecular flexibility index (Phi) is 4.44. The van der Waals surface area contributed by atoms with Crippen LogP contribution in [0.3, 0.4) is 0 Å². The van der Waals surface area contributed by atoms with E-state index in [1.807, 2.05) is 6.07 Å². The van der Waals surface area contributed by atoms with Gasteiger partial charge in [-0.2, -0.15) is 0 Å². The van der Waals surface area contributed by atoms with Gasteiger partial charge in [-0.3, -0.25) is 0 Å². The van der Waals surface area contributed by atoms with Gasteiger partial charge in [0.15, 0.2) is 0 Å². The second kappa shape index (κ2) is 5.87. The highest BCUT2D eigenvalue weighted by Gasteiger charge is 2.13. The van der Waals surface area contributed by atoms with E-state index in [9.17, 15) is 0 Å². The zero-order valence-electron chi connectivity index (χ0n) is 10.9. The van der Waals surface area contributed by atoms with Crippen molar-refractivity contribution >= 4 is 22.9 Å². The molecule has 0 spiro atoms. The number of thiophene rings is 1. The molecule has 0 bridgehead atoms. The lowest BCUT2D eigenvalue weighted by Crippen LogP contribution is -2.22. The Morgan fingerprint density at radius 3 is 2.50 bits per heavy atom. The summed E-state index contributed by atoms with van der Waals surface area (Å²) in [6, 6.07) is 11.2. The quantitative estimate of drug-likeness (QED) is 0.819. The Bertz CT molecular complexity index is 521. The van der Waals surface area contributed by atoms with E-state index in [2.05, 4.69) is 55.7 Å². The maximum atomic E-state index is 5.97. The summed E-state index contributed by atoms with van der Waals surface area (Å²) in [6.07, 6.45) is 0. The molecular weight excluding hydrogens is 262 g/mol. The molecule has 0 aliphatic heterocycles. The molecular formula is C15H18ClNS. The van der Waals surface area contributed by atoms with Gasteiger partial charge in [-0.1, -0.05) is 35.9 Å². The molecule has 0 aliphatic carbocycles. The Morgan fingerprint density at radius 1 is 1.17 bits per heavy atom. The number of rotatable bonds is 4. The van der Waals surface area contributed by atoms with Crippen LogP contribution in [-0.2, 0) is 0 Å². The average molecular weight is 280 g/mol. The highest BCUT2D eigenvalue weighted by molar-refractivity contribution is 7.14. The van der Waals surface area contributed by atoms with Crippen LogP contribution in [-0.4, -0.2) is 0 Å². The molecule has 1 unspecified atom stereocenters. The molecule has 1 nitrogen and oxygen atoms in total. The first-order valence-electron chi connectivity index (χ1n) is 6.13. The van der Waals surface area contributed by atoms with Gasteiger partial charge in [-0.15, -0.1) is 11.3 Å². The molecule has 1 aromatic heterocycles. The number of halogens is 1. The Hall–Kier alpha value is -0.830. The topological polar surface area (TPSA) is 12.0 Å². The van der Waals surface area contributed by atoms with Gasteiger partial charge in [0.25, 0.3) is 0 Å². The molecule has 2 atom stereocenters. The largest absolute Gasteiger partial charge is 0.304 e. The van der Waals surface area contributed by atoms with Crippen LogP contribution in [0.1, 0.15) is 42.6 Å². The standard InChI is InChI=1S/C15H18ClNS/c1-10-6-4-5-7-14(10)12(3)17-11(2)13-8-15(16)18-9-13/h4-9,11-12,17H,1-3H3/t11?,12-/m1/s1. The molecule has 1 aromatic carbocycles. The fourth-order valence-electron chi connectivity index (χ4n) is 2.18. The van der Waals surface area contributed by atoms with Gasteiger partial charge in [0.05, 0.1) is 4.34 Å². The monoisotopic (exact) mass is 279 g/mol. The van der Waals surface area contributed by atoms with E-state index < -0.39 is 0 Å². The molecule has 2 aromatic rings. The van der Waals surface area contributed by atoms with Crippen LogP contribution in [0, 0.1) is 6.92 Å². The van der Waals surface area contributed by atoms with E-state index in [4.69, 9.17) is 11.6 Å². The van der Waals surface area contributed by atoms with Crippen molar-refractivity contribution in [3.05, 3.63) is 56.7 Å². The van der Waals surface area contributed by atoms with Gasteiger partial charge in [0.2, 0.25) is 0 Å². The number of nitrogens with one attached hydrogen (secondary N) is 1. The van der Waals surface area contributed by atoms with E-state index in [-0.39, 0.29) is 0 Å². The summed E-state index contributed by atoms with van der Waals surface area (Å²) in [4.78, 5) is 0. The highest BCUT2D eigenvalue weighted by Crippen LogP contribution is 2.27. The Labute approximate surface area is 118 Å². The molecule has 1 N–H and O–H groups in total. The summed E-state index contributed by atoms with van der Waals surface area (Å²) in [6.45, 7) is 6.53. The van der Waals surface area contributed by atoms with E-state index in [0.29, 0.717) is 12.1 Å². The minimum atomic E-state index is 0.309. The normalized spacial score (nSPS) is 14.4. The molecule has 1 heterocycles. The van der Waals surface area contributed by atoms with Gasteiger partial charge in [0, 0.05) is 12.1 Å². The molecule has 3 heteroatoms. The zero-order valence-corrected chi connectivity index (χ0v) is 12.5. The van der Waals surface area contributed by atoms with E-state index in [1.54, 1.807) is 11.3 Å². The number of benzene rings is 1. The van der Waals surface area contributed by atoms with Crippen molar-refractivity contribution in [2.75, 3.05) is 0 Å². The SMILES string of the molecule is Cc1ccccc1[C@@H](C)NC(C)c1csc(Cl)c1. The average Bonchev–Trinajstić information content (AvgIpc) is 2.76. The van der Waals surface area contributed by atoms with Crippen LogP contribution in [0.15, 0.2) is 35.7 Å². The second-order valence-corrected chi connectivity index (χ2v) is 6.19. The first kappa shape index (κ1) is 13.6. The van der Waals surface area contributed by atoms with Gasteiger partial charge in [-0.25, -0.2) is 0 Å². The van der Waals surface area contributed by atoms with E-state index >= 15 is 0 Å². The van der Waals surface area contributed by atoms with Crippen LogP contribution < -0.4 is 5.32 Å². The van der Waals surface area contributed by atoms with Crippen molar-refractivity contribution in [2.24, 2.45) is 0 Å². The predicted molar refractivity (Wildman–Crippen MR) is 80.5 cm³/mol. The fourth-order valence-corrected chi connectivity index (χ4v) is 3.17. The second-order valence-electron chi connectivity index (χ2n) is 4.65. The Morgan fingerprint density at radius 2 is 1.89 bits per heavy atom. The lowest BCUT2D eigenvalue weighted by Gasteiger charge is -2.21. The third-order valence-electron chi connectivity index (χ3n) is 3.24. The molecule has 0 aliphatic rings. The van der Waals surface area contributed by atoms with Gasteiger partial charge >= 0.3 is 0 Å². The van der Waals surface area contributed by atoms with Crippen LogP contribution in [0.5, 0.6) is 0 Å². The summed E-state index contributed by atoms with van der Waals surface area (Å²) in [5, 5.41) is 5.73.